The number of nitrogens with two attached hydrogens (primary N) is 1. The third-order valence-corrected chi connectivity index (χ3v) is 2.43. The molecule has 2 aromatic rings. The molecule has 0 aliphatic heterocycles. The molecule has 0 bridgehead atoms. The van der Waals surface area contributed by atoms with Crippen molar-refractivity contribution in [1.29, 1.82) is 0 Å². The van der Waals surface area contributed by atoms with E-state index in [1.165, 1.54) is 5.56 Å². The lowest BCUT2D eigenvalue weighted by Gasteiger charge is -2.16. The molecule has 0 spiro atoms. The van der Waals surface area contributed by atoms with Crippen LogP contribution < -0.4 is 11.1 Å². The SMILES string of the molecule is CC(Nc1ccncc1N)c1ccncc1. The van der Waals surface area contributed by atoms with Gasteiger partial charge in [0.2, 0.25) is 0 Å². The van der Waals surface area contributed by atoms with E-state index >= 15 is 0 Å². The fourth-order valence-corrected chi connectivity index (χ4v) is 1.51. The highest BCUT2D eigenvalue weighted by Gasteiger charge is 2.06. The molecular weight excluding hydrogens is 200 g/mol. The van der Waals surface area contributed by atoms with Crippen molar-refractivity contribution >= 4 is 11.4 Å². The molecule has 2 rings (SSSR count). The molecule has 2 heterocycles. The minimum atomic E-state index is 0.188. The van der Waals surface area contributed by atoms with E-state index in [9.17, 15) is 0 Å². The summed E-state index contributed by atoms with van der Waals surface area (Å²) in [5, 5.41) is 3.33. The van der Waals surface area contributed by atoms with Crippen LogP contribution in [0.15, 0.2) is 43.0 Å². The van der Waals surface area contributed by atoms with Crippen LogP contribution in [-0.4, -0.2) is 9.97 Å². The monoisotopic (exact) mass is 214 g/mol. The first kappa shape index (κ1) is 10.4. The largest absolute Gasteiger partial charge is 0.396 e. The second-order valence-corrected chi connectivity index (χ2v) is 3.61. The lowest BCUT2D eigenvalue weighted by molar-refractivity contribution is 0.881. The summed E-state index contributed by atoms with van der Waals surface area (Å²) in [4.78, 5) is 7.94. The van der Waals surface area contributed by atoms with Crippen molar-refractivity contribution in [2.24, 2.45) is 0 Å². The smallest absolute Gasteiger partial charge is 0.0736 e. The fourth-order valence-electron chi connectivity index (χ4n) is 1.51. The number of anilines is 2. The van der Waals surface area contributed by atoms with E-state index in [2.05, 4.69) is 22.2 Å². The van der Waals surface area contributed by atoms with E-state index in [4.69, 9.17) is 5.73 Å². The molecule has 0 radical (unpaired) electrons. The summed E-state index contributed by atoms with van der Waals surface area (Å²) in [6, 6.07) is 6.02. The minimum Gasteiger partial charge on any atom is -0.396 e. The van der Waals surface area contributed by atoms with Crippen molar-refractivity contribution in [2.45, 2.75) is 13.0 Å². The van der Waals surface area contributed by atoms with Gasteiger partial charge >= 0.3 is 0 Å². The van der Waals surface area contributed by atoms with Crippen LogP contribution in [0.1, 0.15) is 18.5 Å². The van der Waals surface area contributed by atoms with Gasteiger partial charge in [0.15, 0.2) is 0 Å². The van der Waals surface area contributed by atoms with E-state index in [1.54, 1.807) is 24.8 Å². The first-order chi connectivity index (χ1) is 7.77. The number of nitrogens with zero attached hydrogens (tertiary/aromatic N) is 2. The van der Waals surface area contributed by atoms with Crippen molar-refractivity contribution < 1.29 is 0 Å². The van der Waals surface area contributed by atoms with Crippen molar-refractivity contribution in [3.8, 4) is 0 Å². The van der Waals surface area contributed by atoms with Crippen LogP contribution in [0, 0.1) is 0 Å². The van der Waals surface area contributed by atoms with Crippen LogP contribution in [0.25, 0.3) is 0 Å². The molecule has 1 unspecified atom stereocenters. The summed E-state index contributed by atoms with van der Waals surface area (Å²) in [5.41, 5.74) is 8.54. The van der Waals surface area contributed by atoms with Crippen molar-refractivity contribution in [3.63, 3.8) is 0 Å². The number of hydrogen-bond donors (Lipinski definition) is 2. The van der Waals surface area contributed by atoms with Crippen LogP contribution in [0.2, 0.25) is 0 Å². The predicted octanol–water partition coefficient (Wildman–Crippen LogP) is 2.23. The zero-order valence-electron chi connectivity index (χ0n) is 9.09. The van der Waals surface area contributed by atoms with Gasteiger partial charge in [-0.3, -0.25) is 9.97 Å². The summed E-state index contributed by atoms with van der Waals surface area (Å²) in [6.07, 6.45) is 6.92. The van der Waals surface area contributed by atoms with Crippen LogP contribution in [0.4, 0.5) is 11.4 Å². The molecule has 1 atom stereocenters. The number of rotatable bonds is 3. The molecule has 2 aromatic heterocycles. The Hall–Kier alpha value is -2.10. The van der Waals surface area contributed by atoms with Gasteiger partial charge in [0.05, 0.1) is 17.6 Å². The Morgan fingerprint density at radius 2 is 1.81 bits per heavy atom. The van der Waals surface area contributed by atoms with Gasteiger partial charge in [-0.15, -0.1) is 0 Å². The number of hydrogen-bond acceptors (Lipinski definition) is 4. The Balaban J connectivity index is 2.14. The maximum absolute atomic E-state index is 5.81. The molecule has 82 valence electrons. The van der Waals surface area contributed by atoms with E-state index in [0.717, 1.165) is 5.69 Å². The zero-order valence-corrected chi connectivity index (χ0v) is 9.09. The normalized spacial score (nSPS) is 12.1. The molecule has 0 saturated carbocycles. The van der Waals surface area contributed by atoms with Crippen LogP contribution >= 0.6 is 0 Å². The molecule has 0 saturated heterocycles. The highest BCUT2D eigenvalue weighted by atomic mass is 14.9. The van der Waals surface area contributed by atoms with E-state index in [1.807, 2.05) is 18.2 Å². The predicted molar refractivity (Wildman–Crippen MR) is 64.9 cm³/mol. The van der Waals surface area contributed by atoms with Gasteiger partial charge in [0, 0.05) is 24.6 Å². The molecule has 0 aliphatic rings. The Kier molecular flexibility index (Phi) is 3.00. The minimum absolute atomic E-state index is 0.188. The Bertz CT molecular complexity index is 456. The van der Waals surface area contributed by atoms with Gasteiger partial charge in [-0.2, -0.15) is 0 Å². The maximum atomic E-state index is 5.81. The summed E-state index contributed by atoms with van der Waals surface area (Å²) >= 11 is 0. The third kappa shape index (κ3) is 2.28. The number of nitrogens with one attached hydrogen (secondary N) is 1. The molecule has 3 N–H and O–H groups in total. The summed E-state index contributed by atoms with van der Waals surface area (Å²) in [6.45, 7) is 2.08. The van der Waals surface area contributed by atoms with Gasteiger partial charge in [-0.05, 0) is 30.7 Å². The maximum Gasteiger partial charge on any atom is 0.0736 e. The highest BCUT2D eigenvalue weighted by molar-refractivity contribution is 5.64. The standard InChI is InChI=1S/C12H14N4/c1-9(10-2-5-14-6-3-10)16-12-4-7-15-8-11(12)13/h2-9H,13H2,1H3,(H,15,16). The molecule has 0 aliphatic carbocycles. The second-order valence-electron chi connectivity index (χ2n) is 3.61. The van der Waals surface area contributed by atoms with Crippen molar-refractivity contribution in [2.75, 3.05) is 11.1 Å². The van der Waals surface area contributed by atoms with Gasteiger partial charge in [-0.1, -0.05) is 0 Å². The second kappa shape index (κ2) is 4.61. The van der Waals surface area contributed by atoms with Crippen molar-refractivity contribution in [1.82, 2.24) is 9.97 Å². The summed E-state index contributed by atoms with van der Waals surface area (Å²) < 4.78 is 0. The molecule has 4 heteroatoms. The zero-order chi connectivity index (χ0) is 11.4. The number of nitrogen functional groups attached to an aromatic ring is 1. The lowest BCUT2D eigenvalue weighted by Crippen LogP contribution is -2.08. The summed E-state index contributed by atoms with van der Waals surface area (Å²) in [5.74, 6) is 0. The molecule has 16 heavy (non-hydrogen) atoms. The van der Waals surface area contributed by atoms with Crippen LogP contribution in [0.5, 0.6) is 0 Å². The molecular formula is C12H14N4. The quantitative estimate of drug-likeness (QED) is 0.822. The van der Waals surface area contributed by atoms with Crippen LogP contribution in [0.3, 0.4) is 0 Å². The highest BCUT2D eigenvalue weighted by Crippen LogP contribution is 2.22. The van der Waals surface area contributed by atoms with Crippen LogP contribution in [-0.2, 0) is 0 Å². The number of pyridine rings is 2. The van der Waals surface area contributed by atoms with E-state index in [0.29, 0.717) is 5.69 Å². The van der Waals surface area contributed by atoms with E-state index in [-0.39, 0.29) is 6.04 Å². The molecule has 0 aromatic carbocycles. The first-order valence-corrected chi connectivity index (χ1v) is 5.13. The molecule has 0 amide bonds. The number of aromatic nitrogens is 2. The first-order valence-electron chi connectivity index (χ1n) is 5.13. The van der Waals surface area contributed by atoms with Crippen molar-refractivity contribution in [3.05, 3.63) is 48.5 Å². The fraction of sp³-hybridized carbons (Fsp3) is 0.167. The Morgan fingerprint density at radius 1 is 1.12 bits per heavy atom. The average molecular weight is 214 g/mol. The van der Waals surface area contributed by atoms with Gasteiger partial charge in [-0.25, -0.2) is 0 Å². The topological polar surface area (TPSA) is 63.8 Å². The Labute approximate surface area is 94.5 Å². The lowest BCUT2D eigenvalue weighted by atomic mass is 10.1. The molecule has 0 fully saturated rings. The van der Waals surface area contributed by atoms with Gasteiger partial charge in [0.1, 0.15) is 0 Å². The molecule has 4 nitrogen and oxygen atoms in total. The van der Waals surface area contributed by atoms with E-state index < -0.39 is 0 Å². The average Bonchev–Trinajstić information content (AvgIpc) is 2.33. The van der Waals surface area contributed by atoms with Gasteiger partial charge < -0.3 is 11.1 Å². The van der Waals surface area contributed by atoms with Gasteiger partial charge in [0.25, 0.3) is 0 Å². The Morgan fingerprint density at radius 3 is 2.50 bits per heavy atom. The summed E-state index contributed by atoms with van der Waals surface area (Å²) in [7, 11) is 0. The third-order valence-electron chi connectivity index (χ3n) is 2.43.